The summed E-state index contributed by atoms with van der Waals surface area (Å²) in [5, 5.41) is 19.3. The van der Waals surface area contributed by atoms with Gasteiger partial charge in [0.1, 0.15) is 6.04 Å². The van der Waals surface area contributed by atoms with E-state index in [1.165, 1.54) is 9.80 Å². The average molecular weight is 313 g/mol. The molecule has 1 heterocycles. The summed E-state index contributed by atoms with van der Waals surface area (Å²) in [6, 6.07) is 5.72. The summed E-state index contributed by atoms with van der Waals surface area (Å²) in [7, 11) is 1.59. The molecule has 7 heteroatoms. The number of rotatable bonds is 3. The van der Waals surface area contributed by atoms with Gasteiger partial charge in [-0.15, -0.1) is 0 Å². The number of β-amino-alcohol motifs (C(OH)–C–C–N with tert-alkyl or cyclic N) is 1. The number of aliphatic hydroxyl groups excluding tert-OH is 1. The molecule has 1 saturated heterocycles. The number of hydrogen-bond donors (Lipinski definition) is 2. The Labute approximate surface area is 127 Å². The number of likely N-dealkylation sites (tertiary alicyclic amines) is 1. The monoisotopic (exact) mass is 312 g/mol. The smallest absolute Gasteiger partial charge is 0.326 e. The third kappa shape index (κ3) is 3.65. The van der Waals surface area contributed by atoms with Crippen molar-refractivity contribution in [1.82, 2.24) is 9.80 Å². The van der Waals surface area contributed by atoms with Crippen LogP contribution in [0.4, 0.5) is 4.79 Å². The zero-order chi connectivity index (χ0) is 15.6. The second kappa shape index (κ2) is 6.32. The molecule has 0 aromatic heterocycles. The molecule has 2 rings (SSSR count). The molecule has 1 aliphatic rings. The molecule has 0 saturated carbocycles. The Bertz CT molecular complexity index is 552. The van der Waals surface area contributed by atoms with E-state index in [0.717, 1.165) is 5.56 Å². The van der Waals surface area contributed by atoms with Gasteiger partial charge in [0.25, 0.3) is 0 Å². The molecule has 21 heavy (non-hydrogen) atoms. The SMILES string of the molecule is CN(Cc1cccc(Cl)c1)C(=O)N1C[C@@H](O)C[C@H]1C(=O)O. The van der Waals surface area contributed by atoms with Crippen LogP contribution in [0.25, 0.3) is 0 Å². The van der Waals surface area contributed by atoms with Crippen molar-refractivity contribution in [2.24, 2.45) is 0 Å². The standard InChI is InChI=1S/C14H17ClN2O4/c1-16(7-9-3-2-4-10(15)5-9)14(21)17-8-11(18)6-12(17)13(19)20/h2-5,11-12,18H,6-8H2,1H3,(H,19,20)/t11-,12-/m0/s1. The number of carbonyl (C=O) groups excluding carboxylic acids is 1. The van der Waals surface area contributed by atoms with E-state index in [-0.39, 0.29) is 13.0 Å². The van der Waals surface area contributed by atoms with Crippen LogP contribution in [-0.2, 0) is 11.3 Å². The van der Waals surface area contributed by atoms with Gasteiger partial charge in [-0.2, -0.15) is 0 Å². The van der Waals surface area contributed by atoms with Crippen molar-refractivity contribution >= 4 is 23.6 Å². The highest BCUT2D eigenvalue weighted by Gasteiger charge is 2.40. The lowest BCUT2D eigenvalue weighted by atomic mass is 10.2. The Balaban J connectivity index is 2.06. The van der Waals surface area contributed by atoms with Gasteiger partial charge in [-0.25, -0.2) is 9.59 Å². The van der Waals surface area contributed by atoms with Crippen molar-refractivity contribution in [3.05, 3.63) is 34.9 Å². The first kappa shape index (κ1) is 15.6. The van der Waals surface area contributed by atoms with Gasteiger partial charge in [-0.1, -0.05) is 23.7 Å². The normalized spacial score (nSPS) is 21.4. The van der Waals surface area contributed by atoms with E-state index in [0.29, 0.717) is 11.6 Å². The van der Waals surface area contributed by atoms with Crippen LogP contribution < -0.4 is 0 Å². The van der Waals surface area contributed by atoms with Crippen LogP contribution in [-0.4, -0.2) is 57.8 Å². The summed E-state index contributed by atoms with van der Waals surface area (Å²) in [4.78, 5) is 26.1. The van der Waals surface area contributed by atoms with Gasteiger partial charge in [0.2, 0.25) is 0 Å². The number of amides is 2. The van der Waals surface area contributed by atoms with Crippen molar-refractivity contribution in [1.29, 1.82) is 0 Å². The number of carbonyl (C=O) groups is 2. The van der Waals surface area contributed by atoms with Crippen molar-refractivity contribution in [3.8, 4) is 0 Å². The quantitative estimate of drug-likeness (QED) is 0.884. The van der Waals surface area contributed by atoms with Gasteiger partial charge in [0.05, 0.1) is 6.10 Å². The average Bonchev–Trinajstić information content (AvgIpc) is 2.80. The largest absolute Gasteiger partial charge is 0.480 e. The molecule has 0 bridgehead atoms. The lowest BCUT2D eigenvalue weighted by molar-refractivity contribution is -0.141. The van der Waals surface area contributed by atoms with E-state index in [1.54, 1.807) is 25.2 Å². The van der Waals surface area contributed by atoms with E-state index in [9.17, 15) is 14.7 Å². The maximum atomic E-state index is 12.3. The lowest BCUT2D eigenvalue weighted by Gasteiger charge is -2.27. The van der Waals surface area contributed by atoms with Crippen molar-refractivity contribution < 1.29 is 19.8 Å². The van der Waals surface area contributed by atoms with E-state index in [1.807, 2.05) is 6.07 Å². The van der Waals surface area contributed by atoms with E-state index in [2.05, 4.69) is 0 Å². The van der Waals surface area contributed by atoms with Crippen LogP contribution in [0, 0.1) is 0 Å². The van der Waals surface area contributed by atoms with Gasteiger partial charge in [-0.05, 0) is 17.7 Å². The van der Waals surface area contributed by atoms with Crippen LogP contribution in [0.5, 0.6) is 0 Å². The second-order valence-electron chi connectivity index (χ2n) is 5.16. The molecule has 2 amide bonds. The van der Waals surface area contributed by atoms with E-state index >= 15 is 0 Å². The number of hydrogen-bond acceptors (Lipinski definition) is 3. The Kier molecular flexibility index (Phi) is 4.69. The fraction of sp³-hybridized carbons (Fsp3) is 0.429. The fourth-order valence-electron chi connectivity index (χ4n) is 2.46. The van der Waals surface area contributed by atoms with Crippen LogP contribution in [0.1, 0.15) is 12.0 Å². The summed E-state index contributed by atoms with van der Waals surface area (Å²) >= 11 is 5.89. The summed E-state index contributed by atoms with van der Waals surface area (Å²) in [5.74, 6) is -1.10. The molecule has 1 aromatic carbocycles. The maximum Gasteiger partial charge on any atom is 0.326 e. The Morgan fingerprint density at radius 3 is 2.81 bits per heavy atom. The molecule has 0 spiro atoms. The Hall–Kier alpha value is -1.79. The van der Waals surface area contributed by atoms with Crippen molar-refractivity contribution in [3.63, 3.8) is 0 Å². The molecule has 2 N–H and O–H groups in total. The van der Waals surface area contributed by atoms with E-state index in [4.69, 9.17) is 16.7 Å². The number of urea groups is 1. The minimum Gasteiger partial charge on any atom is -0.480 e. The van der Waals surface area contributed by atoms with Gasteiger partial charge in [0.15, 0.2) is 0 Å². The lowest BCUT2D eigenvalue weighted by Crippen LogP contribution is -2.46. The highest BCUT2D eigenvalue weighted by Crippen LogP contribution is 2.20. The number of aliphatic carboxylic acids is 1. The number of benzene rings is 1. The Morgan fingerprint density at radius 2 is 2.19 bits per heavy atom. The summed E-state index contributed by atoms with van der Waals surface area (Å²) in [5.41, 5.74) is 0.852. The predicted octanol–water partition coefficient (Wildman–Crippen LogP) is 1.41. The molecule has 0 aliphatic carbocycles. The minimum absolute atomic E-state index is 0.0374. The van der Waals surface area contributed by atoms with Crippen molar-refractivity contribution in [2.45, 2.75) is 25.1 Å². The zero-order valence-corrected chi connectivity index (χ0v) is 12.3. The molecular formula is C14H17ClN2O4. The second-order valence-corrected chi connectivity index (χ2v) is 5.60. The maximum absolute atomic E-state index is 12.3. The molecule has 114 valence electrons. The minimum atomic E-state index is -1.10. The van der Waals surface area contributed by atoms with Gasteiger partial charge in [-0.3, -0.25) is 0 Å². The summed E-state index contributed by atoms with van der Waals surface area (Å²) < 4.78 is 0. The molecule has 0 radical (unpaired) electrons. The fourth-order valence-corrected chi connectivity index (χ4v) is 2.67. The molecule has 1 aromatic rings. The van der Waals surface area contributed by atoms with Gasteiger partial charge in [0, 0.05) is 31.6 Å². The third-order valence-corrected chi connectivity index (χ3v) is 3.68. The first-order valence-electron chi connectivity index (χ1n) is 6.55. The summed E-state index contributed by atoms with van der Waals surface area (Å²) in [6.45, 7) is 0.355. The Morgan fingerprint density at radius 1 is 1.48 bits per heavy atom. The molecule has 1 fully saturated rings. The predicted molar refractivity (Wildman–Crippen MR) is 77.1 cm³/mol. The molecule has 2 atom stereocenters. The first-order chi connectivity index (χ1) is 9.88. The van der Waals surface area contributed by atoms with Gasteiger partial charge < -0.3 is 20.0 Å². The molecule has 0 unspecified atom stereocenters. The van der Waals surface area contributed by atoms with Gasteiger partial charge >= 0.3 is 12.0 Å². The number of aliphatic hydroxyl groups is 1. The molecule has 1 aliphatic heterocycles. The topological polar surface area (TPSA) is 81.1 Å². The van der Waals surface area contributed by atoms with Crippen LogP contribution in [0.2, 0.25) is 5.02 Å². The zero-order valence-electron chi connectivity index (χ0n) is 11.6. The molecular weight excluding hydrogens is 296 g/mol. The first-order valence-corrected chi connectivity index (χ1v) is 6.93. The van der Waals surface area contributed by atoms with Crippen molar-refractivity contribution in [2.75, 3.05) is 13.6 Å². The highest BCUT2D eigenvalue weighted by atomic mass is 35.5. The number of carboxylic acid groups (broad SMARTS) is 1. The molecule has 6 nitrogen and oxygen atoms in total. The van der Waals surface area contributed by atoms with Crippen LogP contribution >= 0.6 is 11.6 Å². The summed E-state index contributed by atoms with van der Waals surface area (Å²) in [6.07, 6.45) is -0.735. The number of halogens is 1. The van der Waals surface area contributed by atoms with Crippen LogP contribution in [0.3, 0.4) is 0 Å². The van der Waals surface area contributed by atoms with E-state index < -0.39 is 24.1 Å². The number of carboxylic acids is 1. The third-order valence-electron chi connectivity index (χ3n) is 3.45. The number of nitrogens with zero attached hydrogens (tertiary/aromatic N) is 2. The highest BCUT2D eigenvalue weighted by molar-refractivity contribution is 6.30. The van der Waals surface area contributed by atoms with Crippen LogP contribution in [0.15, 0.2) is 24.3 Å².